The molecule has 190 valence electrons. The SMILES string of the molecule is CCCCCCCC/C=C\C[C@@H](CCO[Si](c1ccccc1)(c1ccccc1)C(C)(C)C)N=[N+]=[N-]. The Bertz CT molecular complexity index is 863. The molecule has 5 heteroatoms. The van der Waals surface area contributed by atoms with E-state index in [0.717, 1.165) is 19.3 Å². The van der Waals surface area contributed by atoms with Crippen LogP contribution in [0.15, 0.2) is 77.9 Å². The molecule has 0 bridgehead atoms. The van der Waals surface area contributed by atoms with Crippen LogP contribution in [-0.2, 0) is 4.43 Å². The lowest BCUT2D eigenvalue weighted by Crippen LogP contribution is -2.66. The summed E-state index contributed by atoms with van der Waals surface area (Å²) >= 11 is 0. The Kier molecular flexibility index (Phi) is 12.9. The predicted molar refractivity (Wildman–Crippen MR) is 153 cm³/mol. The monoisotopic (exact) mass is 491 g/mol. The zero-order valence-electron chi connectivity index (χ0n) is 22.3. The van der Waals surface area contributed by atoms with Crippen molar-refractivity contribution >= 4 is 18.7 Å². The van der Waals surface area contributed by atoms with Gasteiger partial charge in [-0.1, -0.05) is 138 Å². The first-order valence-corrected chi connectivity index (χ1v) is 15.3. The van der Waals surface area contributed by atoms with Crippen molar-refractivity contribution in [2.24, 2.45) is 5.11 Å². The number of allylic oxidation sites excluding steroid dienone is 1. The van der Waals surface area contributed by atoms with Gasteiger partial charge in [-0.05, 0) is 46.6 Å². The van der Waals surface area contributed by atoms with Crippen LogP contribution in [0.5, 0.6) is 0 Å². The molecule has 0 aromatic heterocycles. The molecule has 0 aliphatic carbocycles. The van der Waals surface area contributed by atoms with Crippen LogP contribution in [0.3, 0.4) is 0 Å². The second-order valence-corrected chi connectivity index (χ2v) is 14.7. The van der Waals surface area contributed by atoms with E-state index < -0.39 is 8.32 Å². The Hall–Kier alpha value is -2.33. The molecule has 0 unspecified atom stereocenters. The minimum absolute atomic E-state index is 0.0548. The van der Waals surface area contributed by atoms with Gasteiger partial charge in [-0.3, -0.25) is 0 Å². The fraction of sp³-hybridized carbons (Fsp3) is 0.533. The van der Waals surface area contributed by atoms with E-state index in [-0.39, 0.29) is 11.1 Å². The first-order valence-electron chi connectivity index (χ1n) is 13.4. The van der Waals surface area contributed by atoms with Gasteiger partial charge in [0.15, 0.2) is 0 Å². The molecule has 0 saturated heterocycles. The summed E-state index contributed by atoms with van der Waals surface area (Å²) in [4.78, 5) is 3.12. The molecule has 0 saturated carbocycles. The van der Waals surface area contributed by atoms with Crippen LogP contribution in [-0.4, -0.2) is 21.0 Å². The maximum atomic E-state index is 9.13. The van der Waals surface area contributed by atoms with Crippen LogP contribution in [0.1, 0.15) is 85.5 Å². The highest BCUT2D eigenvalue weighted by molar-refractivity contribution is 6.99. The Balaban J connectivity index is 2.04. The predicted octanol–water partition coefficient (Wildman–Crippen LogP) is 8.33. The molecule has 0 amide bonds. The molecule has 0 aliphatic rings. The summed E-state index contributed by atoms with van der Waals surface area (Å²) < 4.78 is 6.97. The Morgan fingerprint density at radius 2 is 1.46 bits per heavy atom. The number of unbranched alkanes of at least 4 members (excludes halogenated alkanes) is 6. The molecule has 0 heterocycles. The van der Waals surface area contributed by atoms with Gasteiger partial charge >= 0.3 is 0 Å². The quantitative estimate of drug-likeness (QED) is 0.0581. The first kappa shape index (κ1) is 28.9. The molecule has 0 radical (unpaired) electrons. The average molecular weight is 492 g/mol. The van der Waals surface area contributed by atoms with Gasteiger partial charge in [0, 0.05) is 17.6 Å². The van der Waals surface area contributed by atoms with Crippen LogP contribution in [0.2, 0.25) is 5.04 Å². The van der Waals surface area contributed by atoms with Gasteiger partial charge in [-0.15, -0.1) is 0 Å². The van der Waals surface area contributed by atoms with Crippen LogP contribution in [0.4, 0.5) is 0 Å². The Morgan fingerprint density at radius 3 is 2.00 bits per heavy atom. The van der Waals surface area contributed by atoms with Gasteiger partial charge in [0.25, 0.3) is 8.32 Å². The van der Waals surface area contributed by atoms with Crippen molar-refractivity contribution in [3.05, 3.63) is 83.3 Å². The van der Waals surface area contributed by atoms with E-state index in [0.29, 0.717) is 6.61 Å². The number of benzene rings is 2. The summed E-state index contributed by atoms with van der Waals surface area (Å²) in [7, 11) is -2.55. The summed E-state index contributed by atoms with van der Waals surface area (Å²) in [6, 6.07) is 21.3. The smallest absolute Gasteiger partial charge is 0.261 e. The lowest BCUT2D eigenvalue weighted by molar-refractivity contribution is 0.280. The van der Waals surface area contributed by atoms with Crippen LogP contribution >= 0.6 is 0 Å². The molecular formula is C30H45N3OSi. The zero-order chi connectivity index (χ0) is 25.4. The summed E-state index contributed by atoms with van der Waals surface area (Å²) in [5, 5.41) is 6.58. The van der Waals surface area contributed by atoms with Crippen LogP contribution in [0.25, 0.3) is 10.4 Å². The molecule has 2 aromatic rings. The maximum Gasteiger partial charge on any atom is 0.261 e. The molecular weight excluding hydrogens is 446 g/mol. The Morgan fingerprint density at radius 1 is 0.886 bits per heavy atom. The van der Waals surface area contributed by atoms with Gasteiger partial charge in [0.2, 0.25) is 0 Å². The van der Waals surface area contributed by atoms with Crippen molar-refractivity contribution in [2.75, 3.05) is 6.61 Å². The third kappa shape index (κ3) is 8.99. The number of rotatable bonds is 16. The second kappa shape index (κ2) is 15.6. The van der Waals surface area contributed by atoms with E-state index in [1.54, 1.807) is 0 Å². The van der Waals surface area contributed by atoms with Gasteiger partial charge in [-0.25, -0.2) is 0 Å². The molecule has 0 fully saturated rings. The molecule has 0 aliphatic heterocycles. The van der Waals surface area contributed by atoms with Crippen molar-refractivity contribution < 1.29 is 4.43 Å². The second-order valence-electron chi connectivity index (χ2n) is 10.4. The number of hydrogen-bond donors (Lipinski definition) is 0. The van der Waals surface area contributed by atoms with E-state index in [1.807, 2.05) is 0 Å². The summed E-state index contributed by atoms with van der Waals surface area (Å²) in [6.07, 6.45) is 14.9. The Labute approximate surface area is 214 Å². The third-order valence-electron chi connectivity index (χ3n) is 6.70. The maximum absolute atomic E-state index is 9.13. The van der Waals surface area contributed by atoms with E-state index in [2.05, 4.69) is 111 Å². The van der Waals surface area contributed by atoms with E-state index in [4.69, 9.17) is 9.96 Å². The highest BCUT2D eigenvalue weighted by atomic mass is 28.4. The average Bonchev–Trinajstić information content (AvgIpc) is 2.86. The largest absolute Gasteiger partial charge is 0.407 e. The van der Waals surface area contributed by atoms with Gasteiger partial charge < -0.3 is 4.43 Å². The summed E-state index contributed by atoms with van der Waals surface area (Å²) in [5.41, 5.74) is 9.13. The molecule has 2 rings (SSSR count). The zero-order valence-corrected chi connectivity index (χ0v) is 23.3. The lowest BCUT2D eigenvalue weighted by atomic mass is 10.1. The number of hydrogen-bond acceptors (Lipinski definition) is 2. The molecule has 1 atom stereocenters. The molecule has 0 spiro atoms. The number of nitrogens with zero attached hydrogens (tertiary/aromatic N) is 3. The fourth-order valence-electron chi connectivity index (χ4n) is 4.82. The highest BCUT2D eigenvalue weighted by Gasteiger charge is 2.50. The molecule has 4 nitrogen and oxygen atoms in total. The van der Waals surface area contributed by atoms with Crippen molar-refractivity contribution in [2.45, 2.75) is 96.6 Å². The van der Waals surface area contributed by atoms with Gasteiger partial charge in [-0.2, -0.15) is 0 Å². The minimum atomic E-state index is -2.55. The van der Waals surface area contributed by atoms with Crippen LogP contribution in [0, 0.1) is 0 Å². The molecule has 35 heavy (non-hydrogen) atoms. The minimum Gasteiger partial charge on any atom is -0.407 e. The summed E-state index contributed by atoms with van der Waals surface area (Å²) in [5.74, 6) is 0. The molecule has 2 aromatic carbocycles. The number of azide groups is 1. The fourth-order valence-corrected chi connectivity index (χ4v) is 9.40. The van der Waals surface area contributed by atoms with E-state index in [1.165, 1.54) is 48.9 Å². The summed E-state index contributed by atoms with van der Waals surface area (Å²) in [6.45, 7) is 9.68. The van der Waals surface area contributed by atoms with Gasteiger partial charge in [0.1, 0.15) is 0 Å². The van der Waals surface area contributed by atoms with Crippen molar-refractivity contribution in [3.63, 3.8) is 0 Å². The third-order valence-corrected chi connectivity index (χ3v) is 11.7. The lowest BCUT2D eigenvalue weighted by Gasteiger charge is -2.43. The highest BCUT2D eigenvalue weighted by Crippen LogP contribution is 2.36. The molecule has 0 N–H and O–H groups in total. The van der Waals surface area contributed by atoms with Crippen molar-refractivity contribution in [1.82, 2.24) is 0 Å². The van der Waals surface area contributed by atoms with E-state index >= 15 is 0 Å². The topological polar surface area (TPSA) is 58.0 Å². The van der Waals surface area contributed by atoms with Crippen molar-refractivity contribution in [3.8, 4) is 0 Å². The van der Waals surface area contributed by atoms with Gasteiger partial charge in [0.05, 0.1) is 0 Å². The van der Waals surface area contributed by atoms with E-state index in [9.17, 15) is 0 Å². The van der Waals surface area contributed by atoms with Crippen LogP contribution < -0.4 is 10.4 Å². The van der Waals surface area contributed by atoms with Crippen molar-refractivity contribution in [1.29, 1.82) is 0 Å². The standard InChI is InChI=1S/C30H45N3OSi/c1-5-6-7-8-9-10-11-12-15-20-27(32-33-31)25-26-34-35(30(2,3)4,28-21-16-13-17-22-28)29-23-18-14-19-24-29/h12-19,21-24,27H,5-11,20,25-26H2,1-4H3/b15-12-/t27-/m0/s1. The first-order chi connectivity index (χ1) is 17.0. The normalized spacial score (nSPS) is 13.0.